The molecule has 1 amide bonds. The number of hydrogen-bond acceptors (Lipinski definition) is 3. The number of nitrogen functional groups attached to an aromatic ring is 1. The molecule has 0 radical (unpaired) electrons. The van der Waals surface area contributed by atoms with Gasteiger partial charge in [-0.15, -0.1) is 0 Å². The Morgan fingerprint density at radius 1 is 1.69 bits per heavy atom. The Morgan fingerprint density at radius 2 is 2.38 bits per heavy atom. The van der Waals surface area contributed by atoms with E-state index in [0.717, 1.165) is 0 Å². The van der Waals surface area contributed by atoms with E-state index in [1.807, 2.05) is 0 Å². The number of amides is 1. The molecular weight excluding hydrogens is 168 g/mol. The molecule has 1 aliphatic rings. The summed E-state index contributed by atoms with van der Waals surface area (Å²) in [5.41, 5.74) is 10.1. The Hall–Kier alpha value is -1.52. The number of nitrogens with two attached hydrogens (primary N) is 2. The predicted molar refractivity (Wildman–Crippen MR) is 49.5 cm³/mol. The molecule has 1 aromatic rings. The molecule has 0 aliphatic heterocycles. The maximum Gasteiger partial charge on any atom is 0.217 e. The van der Waals surface area contributed by atoms with Crippen molar-refractivity contribution >= 4 is 11.7 Å². The summed E-state index contributed by atoms with van der Waals surface area (Å²) >= 11 is 0. The summed E-state index contributed by atoms with van der Waals surface area (Å²) in [5.74, 6) is 1.11. The van der Waals surface area contributed by atoms with E-state index in [9.17, 15) is 4.79 Å². The summed E-state index contributed by atoms with van der Waals surface area (Å²) in [7, 11) is 0. The second-order valence-corrected chi connectivity index (χ2v) is 3.13. The van der Waals surface area contributed by atoms with Crippen molar-refractivity contribution in [3.8, 4) is 0 Å². The zero-order chi connectivity index (χ0) is 9.68. The maximum absolute atomic E-state index is 10.1. The fraction of sp³-hybridized carbons (Fsp3) is 0.500. The zero-order valence-corrected chi connectivity index (χ0v) is 7.36. The Morgan fingerprint density at radius 3 is 2.54 bits per heavy atom. The van der Waals surface area contributed by atoms with E-state index >= 15 is 0 Å². The van der Waals surface area contributed by atoms with Gasteiger partial charge in [0.1, 0.15) is 5.82 Å². The van der Waals surface area contributed by atoms with Gasteiger partial charge in [-0.25, -0.2) is 0 Å². The van der Waals surface area contributed by atoms with E-state index in [1.165, 1.54) is 12.8 Å². The first-order valence-corrected chi connectivity index (χ1v) is 4.21. The lowest BCUT2D eigenvalue weighted by Gasteiger charge is -1.84. The van der Waals surface area contributed by atoms with Gasteiger partial charge in [0.2, 0.25) is 5.91 Å². The molecule has 1 aliphatic carbocycles. The molecule has 5 nitrogen and oxygen atoms in total. The first-order valence-electron chi connectivity index (χ1n) is 4.21. The predicted octanol–water partition coefficient (Wildman–Crippen LogP) is 0.264. The van der Waals surface area contributed by atoms with Crippen molar-refractivity contribution in [1.29, 1.82) is 0 Å². The molecule has 0 saturated heterocycles. The van der Waals surface area contributed by atoms with Gasteiger partial charge in [0.15, 0.2) is 0 Å². The average molecular weight is 182 g/mol. The molecule has 1 aromatic heterocycles. The molecule has 1 heterocycles. The third-order valence-corrected chi connectivity index (χ3v) is 1.71. The lowest BCUT2D eigenvalue weighted by molar-refractivity contribution is -0.118. The molecule has 13 heavy (non-hydrogen) atoms. The number of rotatable bonds is 2. The minimum Gasteiger partial charge on any atom is -0.384 e. The number of carbonyl (C=O) groups excluding carboxylic acids is 1. The van der Waals surface area contributed by atoms with Crippen molar-refractivity contribution in [3.63, 3.8) is 0 Å². The van der Waals surface area contributed by atoms with Crippen LogP contribution in [-0.2, 0) is 4.79 Å². The number of nitrogens with zero attached hydrogens (tertiary/aromatic N) is 1. The monoisotopic (exact) mass is 182 g/mol. The van der Waals surface area contributed by atoms with Crippen LogP contribution in [-0.4, -0.2) is 16.1 Å². The molecular formula is C8H14N4O. The maximum atomic E-state index is 10.1. The minimum absolute atomic E-state index is 0.150. The van der Waals surface area contributed by atoms with Crippen LogP contribution in [0.5, 0.6) is 0 Å². The first-order chi connectivity index (χ1) is 6.18. The summed E-state index contributed by atoms with van der Waals surface area (Å²) in [4.78, 5) is 10.1. The van der Waals surface area contributed by atoms with Gasteiger partial charge >= 0.3 is 0 Å². The summed E-state index contributed by atoms with van der Waals surface area (Å²) < 4.78 is 0. The van der Waals surface area contributed by atoms with Crippen LogP contribution in [0.2, 0.25) is 0 Å². The number of anilines is 1. The Bertz CT molecular complexity index is 253. The fourth-order valence-electron chi connectivity index (χ4n) is 0.873. The van der Waals surface area contributed by atoms with Crippen LogP contribution in [0.1, 0.15) is 19.3 Å². The molecule has 5 heteroatoms. The SMILES string of the molecule is NC(=O)CC1CC1.Nc1ccn[nH]1. The van der Waals surface area contributed by atoms with Crippen LogP contribution in [0.25, 0.3) is 0 Å². The van der Waals surface area contributed by atoms with Crippen LogP contribution < -0.4 is 11.5 Å². The van der Waals surface area contributed by atoms with Crippen LogP contribution in [0, 0.1) is 5.92 Å². The number of carbonyl (C=O) groups is 1. The van der Waals surface area contributed by atoms with E-state index in [4.69, 9.17) is 11.5 Å². The van der Waals surface area contributed by atoms with Crippen LogP contribution >= 0.6 is 0 Å². The lowest BCUT2D eigenvalue weighted by atomic mass is 10.3. The molecule has 5 N–H and O–H groups in total. The third-order valence-electron chi connectivity index (χ3n) is 1.71. The normalized spacial score (nSPS) is 14.5. The van der Waals surface area contributed by atoms with Crippen molar-refractivity contribution in [1.82, 2.24) is 10.2 Å². The van der Waals surface area contributed by atoms with Gasteiger partial charge in [0.25, 0.3) is 0 Å². The fourth-order valence-corrected chi connectivity index (χ4v) is 0.873. The Kier molecular flexibility index (Phi) is 3.31. The quantitative estimate of drug-likeness (QED) is 0.612. The lowest BCUT2D eigenvalue weighted by Crippen LogP contribution is -2.10. The van der Waals surface area contributed by atoms with Gasteiger partial charge in [-0.05, 0) is 24.8 Å². The van der Waals surface area contributed by atoms with Crippen LogP contribution in [0.15, 0.2) is 12.3 Å². The summed E-state index contributed by atoms with van der Waals surface area (Å²) in [6, 6.07) is 1.69. The minimum atomic E-state index is -0.150. The van der Waals surface area contributed by atoms with E-state index in [2.05, 4.69) is 10.2 Å². The van der Waals surface area contributed by atoms with Crippen molar-refractivity contribution < 1.29 is 4.79 Å². The second kappa shape index (κ2) is 4.49. The van der Waals surface area contributed by atoms with Crippen LogP contribution in [0.4, 0.5) is 5.82 Å². The highest BCUT2D eigenvalue weighted by atomic mass is 16.1. The van der Waals surface area contributed by atoms with Gasteiger partial charge in [0, 0.05) is 6.42 Å². The Labute approximate surface area is 76.5 Å². The molecule has 0 bridgehead atoms. The van der Waals surface area contributed by atoms with Gasteiger partial charge < -0.3 is 11.5 Å². The van der Waals surface area contributed by atoms with Crippen molar-refractivity contribution in [3.05, 3.63) is 12.3 Å². The van der Waals surface area contributed by atoms with E-state index in [1.54, 1.807) is 12.3 Å². The van der Waals surface area contributed by atoms with Crippen molar-refractivity contribution in [2.45, 2.75) is 19.3 Å². The van der Waals surface area contributed by atoms with Gasteiger partial charge in [-0.3, -0.25) is 9.89 Å². The highest BCUT2D eigenvalue weighted by Crippen LogP contribution is 2.31. The third kappa shape index (κ3) is 4.84. The highest BCUT2D eigenvalue weighted by Gasteiger charge is 2.22. The topological polar surface area (TPSA) is 97.8 Å². The molecule has 2 rings (SSSR count). The summed E-state index contributed by atoms with van der Waals surface area (Å²) in [6.07, 6.45) is 4.64. The molecule has 0 unspecified atom stereocenters. The first kappa shape index (κ1) is 9.57. The van der Waals surface area contributed by atoms with Gasteiger partial charge in [-0.1, -0.05) is 0 Å². The molecule has 1 saturated carbocycles. The second-order valence-electron chi connectivity index (χ2n) is 3.13. The average Bonchev–Trinajstić information content (AvgIpc) is 2.71. The summed E-state index contributed by atoms with van der Waals surface area (Å²) in [5, 5.41) is 6.10. The number of hydrogen-bond donors (Lipinski definition) is 3. The number of aromatic nitrogens is 2. The smallest absolute Gasteiger partial charge is 0.217 e. The van der Waals surface area contributed by atoms with Crippen LogP contribution in [0.3, 0.4) is 0 Å². The molecule has 1 fully saturated rings. The highest BCUT2D eigenvalue weighted by molar-refractivity contribution is 5.74. The van der Waals surface area contributed by atoms with E-state index < -0.39 is 0 Å². The number of primary amides is 1. The number of aromatic amines is 1. The number of H-pyrrole nitrogens is 1. The summed E-state index contributed by atoms with van der Waals surface area (Å²) in [6.45, 7) is 0. The molecule has 0 atom stereocenters. The van der Waals surface area contributed by atoms with Gasteiger partial charge in [-0.2, -0.15) is 5.10 Å². The molecule has 72 valence electrons. The van der Waals surface area contributed by atoms with Crippen molar-refractivity contribution in [2.24, 2.45) is 11.7 Å². The van der Waals surface area contributed by atoms with E-state index in [-0.39, 0.29) is 5.91 Å². The van der Waals surface area contributed by atoms with Crippen molar-refractivity contribution in [2.75, 3.05) is 5.73 Å². The molecule has 0 spiro atoms. The standard InChI is InChI=1S/C5H9NO.C3H5N3/c6-5(7)3-4-1-2-4;4-3-1-2-5-6-3/h4H,1-3H2,(H2,6,7);1-2H,(H3,4,5,6). The largest absolute Gasteiger partial charge is 0.384 e. The van der Waals surface area contributed by atoms with Gasteiger partial charge in [0.05, 0.1) is 6.20 Å². The Balaban J connectivity index is 0.000000132. The number of nitrogens with one attached hydrogen (secondary N) is 1. The molecule has 0 aromatic carbocycles. The van der Waals surface area contributed by atoms with E-state index in [0.29, 0.717) is 18.2 Å². The zero-order valence-electron chi connectivity index (χ0n) is 7.36.